The number of amides is 1. The minimum absolute atomic E-state index is 0.00849. The lowest BCUT2D eigenvalue weighted by Gasteiger charge is -2.14. The summed E-state index contributed by atoms with van der Waals surface area (Å²) in [5, 5.41) is 2.79. The van der Waals surface area contributed by atoms with Crippen molar-refractivity contribution >= 4 is 17.5 Å². The maximum absolute atomic E-state index is 14.8. The van der Waals surface area contributed by atoms with Crippen LogP contribution in [0.4, 0.5) is 17.6 Å². The molecule has 24 heavy (non-hydrogen) atoms. The highest BCUT2D eigenvalue weighted by Crippen LogP contribution is 2.50. The molecule has 0 aromatic heterocycles. The molecule has 0 radical (unpaired) electrons. The van der Waals surface area contributed by atoms with Crippen LogP contribution in [0.25, 0.3) is 0 Å². The van der Waals surface area contributed by atoms with Gasteiger partial charge < -0.3 is 5.32 Å². The van der Waals surface area contributed by atoms with Crippen molar-refractivity contribution in [1.29, 1.82) is 0 Å². The highest BCUT2D eigenvalue weighted by atomic mass is 35.5. The number of benzene rings is 2. The van der Waals surface area contributed by atoms with Crippen molar-refractivity contribution in [3.05, 3.63) is 70.2 Å². The van der Waals surface area contributed by atoms with E-state index in [0.717, 1.165) is 12.1 Å². The molecule has 1 saturated carbocycles. The Hall–Kier alpha value is -2.08. The molecule has 126 valence electrons. The first kappa shape index (κ1) is 16.8. The molecule has 2 atom stereocenters. The Morgan fingerprint density at radius 1 is 1.12 bits per heavy atom. The lowest BCUT2D eigenvalue weighted by Crippen LogP contribution is -2.31. The van der Waals surface area contributed by atoms with Crippen LogP contribution in [-0.4, -0.2) is 11.9 Å². The number of nitrogens with one attached hydrogen (secondary N) is 1. The highest BCUT2D eigenvalue weighted by Gasteiger charge is 2.57. The van der Waals surface area contributed by atoms with Crippen molar-refractivity contribution in [3.63, 3.8) is 0 Å². The van der Waals surface area contributed by atoms with Gasteiger partial charge in [0, 0.05) is 11.4 Å². The van der Waals surface area contributed by atoms with Crippen LogP contribution in [0.3, 0.4) is 0 Å². The molecule has 0 bridgehead atoms. The summed E-state index contributed by atoms with van der Waals surface area (Å²) in [6.45, 7) is 0. The monoisotopic (exact) mass is 357 g/mol. The SMILES string of the molecule is O=C(N[C@@H]1CC1(F)c1ccc(Cl)cc1)c1ccccc1C(F)(F)F. The van der Waals surface area contributed by atoms with Crippen molar-refractivity contribution in [1.82, 2.24) is 5.32 Å². The van der Waals surface area contributed by atoms with Crippen LogP contribution in [0, 0.1) is 0 Å². The smallest absolute Gasteiger partial charge is 0.346 e. The summed E-state index contributed by atoms with van der Waals surface area (Å²) in [5.41, 5.74) is -3.01. The normalized spacial score (nSPS) is 23.0. The third-order valence-electron chi connectivity index (χ3n) is 4.00. The van der Waals surface area contributed by atoms with Crippen LogP contribution in [0.1, 0.15) is 27.9 Å². The van der Waals surface area contributed by atoms with Crippen molar-refractivity contribution in [2.45, 2.75) is 24.3 Å². The van der Waals surface area contributed by atoms with Crippen LogP contribution in [0.15, 0.2) is 48.5 Å². The zero-order valence-corrected chi connectivity index (χ0v) is 13.0. The van der Waals surface area contributed by atoms with Gasteiger partial charge in [-0.15, -0.1) is 0 Å². The molecular weight excluding hydrogens is 346 g/mol. The number of hydrogen-bond acceptors (Lipinski definition) is 1. The van der Waals surface area contributed by atoms with Gasteiger partial charge in [-0.25, -0.2) is 4.39 Å². The van der Waals surface area contributed by atoms with Crippen LogP contribution >= 0.6 is 11.6 Å². The van der Waals surface area contributed by atoms with E-state index in [9.17, 15) is 22.4 Å². The number of halogens is 5. The first-order chi connectivity index (χ1) is 11.2. The van der Waals surface area contributed by atoms with E-state index >= 15 is 0 Å². The number of rotatable bonds is 3. The molecule has 0 spiro atoms. The van der Waals surface area contributed by atoms with E-state index in [1.807, 2.05) is 0 Å². The Morgan fingerprint density at radius 2 is 1.75 bits per heavy atom. The molecule has 7 heteroatoms. The molecule has 2 aromatic rings. The molecule has 1 aliphatic carbocycles. The van der Waals surface area contributed by atoms with Gasteiger partial charge in [0.2, 0.25) is 0 Å². The molecule has 1 unspecified atom stereocenters. The Morgan fingerprint density at radius 3 is 2.38 bits per heavy atom. The standard InChI is InChI=1S/C17H12ClF4NO/c18-11-7-5-10(6-8-11)16(19)9-14(16)23-15(24)12-3-1-2-4-13(12)17(20,21)22/h1-8,14H,9H2,(H,23,24)/t14-,16?/m1/s1. The Balaban J connectivity index is 1.77. The molecule has 1 fully saturated rings. The lowest BCUT2D eigenvalue weighted by atomic mass is 10.1. The molecule has 1 N–H and O–H groups in total. The molecule has 0 saturated heterocycles. The molecule has 0 heterocycles. The van der Waals surface area contributed by atoms with Gasteiger partial charge in [-0.05, 0) is 29.8 Å². The number of alkyl halides is 4. The summed E-state index contributed by atoms with van der Waals surface area (Å²) in [5.74, 6) is -0.943. The fourth-order valence-corrected chi connectivity index (χ4v) is 2.74. The third kappa shape index (κ3) is 3.11. The molecule has 1 amide bonds. The quantitative estimate of drug-likeness (QED) is 0.791. The van der Waals surface area contributed by atoms with Crippen molar-refractivity contribution in [2.75, 3.05) is 0 Å². The van der Waals surface area contributed by atoms with E-state index in [1.165, 1.54) is 36.4 Å². The number of carbonyl (C=O) groups excluding carboxylic acids is 1. The molecule has 2 aromatic carbocycles. The summed E-state index contributed by atoms with van der Waals surface area (Å²) < 4.78 is 53.6. The topological polar surface area (TPSA) is 29.1 Å². The van der Waals surface area contributed by atoms with Gasteiger partial charge in [0.05, 0.1) is 17.2 Å². The van der Waals surface area contributed by atoms with E-state index in [4.69, 9.17) is 11.6 Å². The fraction of sp³-hybridized carbons (Fsp3) is 0.235. The summed E-state index contributed by atoms with van der Waals surface area (Å²) in [6, 6.07) is 9.60. The predicted molar refractivity (Wildman–Crippen MR) is 81.6 cm³/mol. The average Bonchev–Trinajstić information content (AvgIpc) is 3.18. The summed E-state index contributed by atoms with van der Waals surface area (Å²) in [4.78, 5) is 12.1. The van der Waals surface area contributed by atoms with E-state index in [1.54, 1.807) is 0 Å². The Bertz CT molecular complexity index is 775. The average molecular weight is 358 g/mol. The van der Waals surface area contributed by atoms with E-state index < -0.39 is 34.9 Å². The molecule has 1 aliphatic rings. The zero-order chi connectivity index (χ0) is 17.5. The maximum atomic E-state index is 14.8. The summed E-state index contributed by atoms with van der Waals surface area (Å²) >= 11 is 5.74. The van der Waals surface area contributed by atoms with E-state index in [-0.39, 0.29) is 6.42 Å². The van der Waals surface area contributed by atoms with Gasteiger partial charge in [-0.3, -0.25) is 4.79 Å². The van der Waals surface area contributed by atoms with Gasteiger partial charge in [-0.2, -0.15) is 13.2 Å². The van der Waals surface area contributed by atoms with Gasteiger partial charge in [0.25, 0.3) is 5.91 Å². The van der Waals surface area contributed by atoms with Crippen molar-refractivity contribution in [2.24, 2.45) is 0 Å². The fourth-order valence-electron chi connectivity index (χ4n) is 2.61. The largest absolute Gasteiger partial charge is 0.417 e. The minimum Gasteiger partial charge on any atom is -0.346 e. The van der Waals surface area contributed by atoms with Crippen molar-refractivity contribution in [3.8, 4) is 0 Å². The second kappa shape index (κ2) is 5.77. The van der Waals surface area contributed by atoms with Crippen LogP contribution in [0.5, 0.6) is 0 Å². The van der Waals surface area contributed by atoms with Crippen LogP contribution in [-0.2, 0) is 11.8 Å². The molecule has 2 nitrogen and oxygen atoms in total. The van der Waals surface area contributed by atoms with E-state index in [2.05, 4.69) is 5.32 Å². The first-order valence-corrected chi connectivity index (χ1v) is 7.51. The van der Waals surface area contributed by atoms with Gasteiger partial charge in [0.1, 0.15) is 0 Å². The first-order valence-electron chi connectivity index (χ1n) is 7.14. The van der Waals surface area contributed by atoms with Crippen molar-refractivity contribution < 1.29 is 22.4 Å². The molecule has 0 aliphatic heterocycles. The summed E-state index contributed by atoms with van der Waals surface area (Å²) in [6.07, 6.45) is -4.64. The molecule has 3 rings (SSSR count). The van der Waals surface area contributed by atoms with Gasteiger partial charge in [-0.1, -0.05) is 35.9 Å². The Kier molecular flexibility index (Phi) is 4.03. The maximum Gasteiger partial charge on any atom is 0.417 e. The number of carbonyl (C=O) groups is 1. The zero-order valence-electron chi connectivity index (χ0n) is 12.2. The number of hydrogen-bond donors (Lipinski definition) is 1. The highest BCUT2D eigenvalue weighted by molar-refractivity contribution is 6.30. The predicted octanol–water partition coefficient (Wildman–Crippen LogP) is 4.73. The second-order valence-electron chi connectivity index (χ2n) is 5.64. The Labute approximate surface area is 140 Å². The molecular formula is C17H12ClF4NO. The van der Waals surface area contributed by atoms with Gasteiger partial charge >= 0.3 is 6.18 Å². The second-order valence-corrected chi connectivity index (χ2v) is 6.08. The minimum atomic E-state index is -4.65. The van der Waals surface area contributed by atoms with Crippen LogP contribution < -0.4 is 5.32 Å². The third-order valence-corrected chi connectivity index (χ3v) is 4.25. The van der Waals surface area contributed by atoms with E-state index in [0.29, 0.717) is 10.6 Å². The van der Waals surface area contributed by atoms with Gasteiger partial charge in [0.15, 0.2) is 5.67 Å². The summed E-state index contributed by atoms with van der Waals surface area (Å²) in [7, 11) is 0. The lowest BCUT2D eigenvalue weighted by molar-refractivity contribution is -0.137. The van der Waals surface area contributed by atoms with Crippen LogP contribution in [0.2, 0.25) is 5.02 Å².